The highest BCUT2D eigenvalue weighted by molar-refractivity contribution is 7.07. The van der Waals surface area contributed by atoms with Crippen molar-refractivity contribution in [3.8, 4) is 5.75 Å². The Morgan fingerprint density at radius 3 is 2.73 bits per heavy atom. The Kier molecular flexibility index (Phi) is 5.75. The molecule has 37 heavy (non-hydrogen) atoms. The molecule has 10 heteroatoms. The van der Waals surface area contributed by atoms with Crippen LogP contribution in [0.3, 0.4) is 0 Å². The van der Waals surface area contributed by atoms with Crippen LogP contribution in [0.2, 0.25) is 10.0 Å². The Balaban J connectivity index is 1.64. The molecule has 3 aromatic carbocycles. The number of nitrogens with zero attached hydrogens (tertiary/aromatic N) is 3. The largest absolute Gasteiger partial charge is 0.506 e. The van der Waals surface area contributed by atoms with Gasteiger partial charge in [-0.05, 0) is 47.8 Å². The number of rotatable bonds is 3. The summed E-state index contributed by atoms with van der Waals surface area (Å²) in [6.45, 7) is 0. The predicted molar refractivity (Wildman–Crippen MR) is 144 cm³/mol. The maximum atomic E-state index is 13.8. The lowest BCUT2D eigenvalue weighted by molar-refractivity contribution is -0.384. The number of thiazole rings is 1. The zero-order chi connectivity index (χ0) is 25.8. The first kappa shape index (κ1) is 23.7. The molecule has 0 radical (unpaired) electrons. The van der Waals surface area contributed by atoms with Gasteiger partial charge in [-0.2, -0.15) is 0 Å². The molecule has 0 saturated heterocycles. The molecule has 0 saturated carbocycles. The summed E-state index contributed by atoms with van der Waals surface area (Å²) in [5.74, 6) is -0.180. The molecule has 1 aliphatic heterocycles. The number of hydrogen-bond donors (Lipinski definition) is 1. The number of non-ortho nitro benzene ring substituents is 1. The number of allylic oxidation sites excluding steroid dienone is 1. The number of aromatic hydroxyl groups is 1. The highest BCUT2D eigenvalue weighted by atomic mass is 35.5. The fourth-order valence-electron chi connectivity index (χ4n) is 4.97. The zero-order valence-electron chi connectivity index (χ0n) is 19.0. The fourth-order valence-corrected chi connectivity index (χ4v) is 6.47. The molecular formula is C27H17Cl2N3O4S. The summed E-state index contributed by atoms with van der Waals surface area (Å²) in [6, 6.07) is 16.8. The number of aryl methyl sites for hydroxylation is 1. The molecule has 1 N–H and O–H groups in total. The molecule has 4 aromatic rings. The van der Waals surface area contributed by atoms with Gasteiger partial charge >= 0.3 is 0 Å². The lowest BCUT2D eigenvalue weighted by Crippen LogP contribution is -2.38. The lowest BCUT2D eigenvalue weighted by atomic mass is 9.83. The summed E-state index contributed by atoms with van der Waals surface area (Å²) in [6.07, 6.45) is 2.98. The number of fused-ring (bicyclic) bond motifs is 3. The van der Waals surface area contributed by atoms with E-state index < -0.39 is 11.0 Å². The van der Waals surface area contributed by atoms with Crippen molar-refractivity contribution in [1.82, 2.24) is 4.57 Å². The van der Waals surface area contributed by atoms with Gasteiger partial charge in [-0.25, -0.2) is 4.99 Å². The summed E-state index contributed by atoms with van der Waals surface area (Å²) < 4.78 is 1.92. The third kappa shape index (κ3) is 3.98. The Labute approximate surface area is 224 Å². The first-order valence-electron chi connectivity index (χ1n) is 11.4. The van der Waals surface area contributed by atoms with Gasteiger partial charge in [0.2, 0.25) is 0 Å². The molecule has 1 aliphatic carbocycles. The normalized spacial score (nSPS) is 16.6. The number of nitro benzene ring substituents is 1. The SMILES string of the molecule is O=c1/c(=C/c2cc(Cl)cc(Cl)c2O)sc2n1C(c1cccc([N+](=O)[O-])c1)C1=C(N=2)c2ccccc2CC1. The van der Waals surface area contributed by atoms with Gasteiger partial charge in [0.15, 0.2) is 4.80 Å². The number of hydrogen-bond acceptors (Lipinski definition) is 6. The van der Waals surface area contributed by atoms with E-state index >= 15 is 0 Å². The standard InChI is InChI=1S/C27H17Cl2N3O4S/c28-17-10-16(25(33)21(29)13-17)12-22-26(34)31-24(15-5-3-6-18(11-15)32(35)36)20-9-8-14-4-1-2-7-19(14)23(20)30-27(31)37-22/h1-7,10-13,24,33H,8-9H2/b22-12-. The topological polar surface area (TPSA) is 97.7 Å². The smallest absolute Gasteiger partial charge is 0.271 e. The third-order valence-corrected chi connectivity index (χ3v) is 8.10. The van der Waals surface area contributed by atoms with E-state index in [9.17, 15) is 20.0 Å². The quantitative estimate of drug-likeness (QED) is 0.279. The lowest BCUT2D eigenvalue weighted by Gasteiger charge is -2.30. The van der Waals surface area contributed by atoms with E-state index in [1.54, 1.807) is 22.8 Å². The zero-order valence-corrected chi connectivity index (χ0v) is 21.3. The average molecular weight is 550 g/mol. The van der Waals surface area contributed by atoms with Gasteiger partial charge in [-0.1, -0.05) is 70.9 Å². The van der Waals surface area contributed by atoms with Crippen molar-refractivity contribution in [2.45, 2.75) is 18.9 Å². The maximum Gasteiger partial charge on any atom is 0.271 e. The van der Waals surface area contributed by atoms with Gasteiger partial charge in [-0.3, -0.25) is 19.5 Å². The molecule has 1 atom stereocenters. The van der Waals surface area contributed by atoms with Crippen molar-refractivity contribution < 1.29 is 10.0 Å². The third-order valence-electron chi connectivity index (χ3n) is 6.61. The van der Waals surface area contributed by atoms with E-state index in [1.807, 2.05) is 18.2 Å². The monoisotopic (exact) mass is 549 g/mol. The molecule has 184 valence electrons. The summed E-state index contributed by atoms with van der Waals surface area (Å²) in [5, 5.41) is 22.4. The molecule has 0 fully saturated rings. The van der Waals surface area contributed by atoms with Crippen LogP contribution < -0.4 is 14.9 Å². The highest BCUT2D eigenvalue weighted by Gasteiger charge is 2.33. The molecule has 0 spiro atoms. The molecular weight excluding hydrogens is 533 g/mol. The van der Waals surface area contributed by atoms with Crippen LogP contribution in [0.15, 0.2) is 76.0 Å². The van der Waals surface area contributed by atoms with Crippen LogP contribution in [0.1, 0.15) is 34.7 Å². The van der Waals surface area contributed by atoms with Crippen LogP contribution in [0.4, 0.5) is 5.69 Å². The van der Waals surface area contributed by atoms with Crippen molar-refractivity contribution in [1.29, 1.82) is 0 Å². The van der Waals surface area contributed by atoms with E-state index in [1.165, 1.54) is 41.2 Å². The molecule has 0 amide bonds. The molecule has 6 rings (SSSR count). The van der Waals surface area contributed by atoms with Crippen molar-refractivity contribution >= 4 is 52.0 Å². The van der Waals surface area contributed by atoms with Gasteiger partial charge in [-0.15, -0.1) is 0 Å². The molecule has 2 aliphatic rings. The molecule has 1 aromatic heterocycles. The second-order valence-corrected chi connectivity index (χ2v) is 10.6. The Morgan fingerprint density at radius 2 is 1.92 bits per heavy atom. The molecule has 2 heterocycles. The Bertz CT molecular complexity index is 1840. The minimum atomic E-state index is -0.557. The van der Waals surface area contributed by atoms with Crippen LogP contribution in [0.25, 0.3) is 11.8 Å². The van der Waals surface area contributed by atoms with E-state index in [0.717, 1.165) is 23.3 Å². The second kappa shape index (κ2) is 8.99. The second-order valence-electron chi connectivity index (χ2n) is 8.79. The fraction of sp³-hybridized carbons (Fsp3) is 0.111. The van der Waals surface area contributed by atoms with E-state index in [2.05, 4.69) is 6.07 Å². The van der Waals surface area contributed by atoms with Crippen LogP contribution in [-0.2, 0) is 6.42 Å². The first-order valence-corrected chi connectivity index (χ1v) is 12.9. The van der Waals surface area contributed by atoms with Crippen molar-refractivity contribution in [3.05, 3.63) is 128 Å². The summed E-state index contributed by atoms with van der Waals surface area (Å²) in [4.78, 5) is 30.3. The highest BCUT2D eigenvalue weighted by Crippen LogP contribution is 2.41. The predicted octanol–water partition coefficient (Wildman–Crippen LogP) is 5.24. The summed E-state index contributed by atoms with van der Waals surface area (Å²) in [7, 11) is 0. The number of benzene rings is 3. The summed E-state index contributed by atoms with van der Waals surface area (Å²) >= 11 is 13.4. The van der Waals surface area contributed by atoms with Gasteiger partial charge in [0, 0.05) is 28.3 Å². The van der Waals surface area contributed by atoms with Crippen molar-refractivity contribution in [3.63, 3.8) is 0 Å². The molecule has 1 unspecified atom stereocenters. The van der Waals surface area contributed by atoms with E-state index in [4.69, 9.17) is 28.2 Å². The van der Waals surface area contributed by atoms with Gasteiger partial charge < -0.3 is 5.11 Å². The van der Waals surface area contributed by atoms with Crippen LogP contribution in [0.5, 0.6) is 5.75 Å². The molecule has 7 nitrogen and oxygen atoms in total. The van der Waals surface area contributed by atoms with Gasteiger partial charge in [0.05, 0.1) is 26.2 Å². The van der Waals surface area contributed by atoms with Crippen molar-refractivity contribution in [2.75, 3.05) is 0 Å². The number of halogens is 2. The summed E-state index contributed by atoms with van der Waals surface area (Å²) in [5.41, 5.74) is 4.47. The average Bonchev–Trinajstić information content (AvgIpc) is 3.20. The Morgan fingerprint density at radius 1 is 1.11 bits per heavy atom. The van der Waals surface area contributed by atoms with E-state index in [0.29, 0.717) is 31.9 Å². The van der Waals surface area contributed by atoms with Crippen LogP contribution >= 0.6 is 34.5 Å². The number of nitro groups is 1. The Hall–Kier alpha value is -3.72. The first-order chi connectivity index (χ1) is 17.8. The van der Waals surface area contributed by atoms with E-state index in [-0.39, 0.29) is 22.0 Å². The number of phenolic OH excluding ortho intramolecular Hbond substituents is 1. The maximum absolute atomic E-state index is 13.8. The van der Waals surface area contributed by atoms with Crippen LogP contribution in [0, 0.1) is 10.1 Å². The van der Waals surface area contributed by atoms with Crippen LogP contribution in [-0.4, -0.2) is 14.6 Å². The number of phenols is 1. The minimum Gasteiger partial charge on any atom is -0.506 e. The minimum absolute atomic E-state index is 0.0477. The number of aromatic nitrogens is 1. The van der Waals surface area contributed by atoms with Gasteiger partial charge in [0.25, 0.3) is 11.2 Å². The molecule has 0 bridgehead atoms. The van der Waals surface area contributed by atoms with Crippen molar-refractivity contribution in [2.24, 2.45) is 4.99 Å². The van der Waals surface area contributed by atoms with Gasteiger partial charge in [0.1, 0.15) is 5.75 Å².